The minimum Gasteiger partial charge on any atom is -0.333 e. The maximum atomic E-state index is 12.2. The van der Waals surface area contributed by atoms with Crippen molar-refractivity contribution in [2.75, 3.05) is 26.7 Å². The Morgan fingerprint density at radius 2 is 2.28 bits per heavy atom. The third-order valence-corrected chi connectivity index (χ3v) is 3.46. The highest BCUT2D eigenvalue weighted by atomic mass is 16.2. The zero-order valence-corrected chi connectivity index (χ0v) is 11.3. The van der Waals surface area contributed by atoms with Crippen molar-refractivity contribution in [1.29, 1.82) is 0 Å². The third kappa shape index (κ3) is 2.69. The summed E-state index contributed by atoms with van der Waals surface area (Å²) in [5.41, 5.74) is 0. The lowest BCUT2D eigenvalue weighted by molar-refractivity contribution is 0.0561. The predicted octanol–water partition coefficient (Wildman–Crippen LogP) is 0.533. The Morgan fingerprint density at radius 3 is 2.94 bits per heavy atom. The van der Waals surface area contributed by atoms with E-state index in [1.165, 1.54) is 0 Å². The second-order valence-electron chi connectivity index (χ2n) is 4.94. The van der Waals surface area contributed by atoms with E-state index in [-0.39, 0.29) is 5.91 Å². The summed E-state index contributed by atoms with van der Waals surface area (Å²) in [6, 6.07) is 0.386. The van der Waals surface area contributed by atoms with Gasteiger partial charge in [-0.2, -0.15) is 0 Å². The molecule has 18 heavy (non-hydrogen) atoms. The molecule has 1 saturated heterocycles. The zero-order valence-electron chi connectivity index (χ0n) is 11.3. The topological polar surface area (TPSA) is 65.1 Å². The second kappa shape index (κ2) is 5.48. The Hall–Kier alpha value is -1.43. The average Bonchev–Trinajstić information content (AvgIpc) is 2.81. The van der Waals surface area contributed by atoms with Gasteiger partial charge in [0.25, 0.3) is 5.91 Å². The lowest BCUT2D eigenvalue weighted by atomic mass is 10.2. The average molecular weight is 251 g/mol. The van der Waals surface area contributed by atoms with Crippen LogP contribution in [0.15, 0.2) is 0 Å². The van der Waals surface area contributed by atoms with Crippen LogP contribution in [0.4, 0.5) is 0 Å². The molecule has 0 aliphatic carbocycles. The van der Waals surface area contributed by atoms with Crippen LogP contribution in [0.1, 0.15) is 36.7 Å². The number of nitrogens with zero attached hydrogens (tertiary/aromatic N) is 4. The number of carbonyl (C=O) groups is 1. The van der Waals surface area contributed by atoms with Crippen LogP contribution in [0.2, 0.25) is 0 Å². The van der Waals surface area contributed by atoms with Gasteiger partial charge in [0.15, 0.2) is 0 Å². The molecule has 0 spiro atoms. The molecule has 2 rings (SSSR count). The molecule has 0 aromatic carbocycles. The number of aromatic amines is 1. The molecule has 0 bridgehead atoms. The van der Waals surface area contributed by atoms with E-state index in [9.17, 15) is 4.79 Å². The first-order valence-electron chi connectivity index (χ1n) is 6.52. The first kappa shape index (κ1) is 13.0. The van der Waals surface area contributed by atoms with Crippen molar-refractivity contribution in [2.45, 2.75) is 32.7 Å². The zero-order chi connectivity index (χ0) is 13.1. The molecule has 1 amide bonds. The Kier molecular flexibility index (Phi) is 3.96. The van der Waals surface area contributed by atoms with Gasteiger partial charge in [-0.3, -0.25) is 9.89 Å². The van der Waals surface area contributed by atoms with Crippen LogP contribution < -0.4 is 0 Å². The maximum Gasteiger partial charge on any atom is 0.293 e. The molecule has 1 aromatic rings. The number of likely N-dealkylation sites (N-methyl/N-ethyl adjacent to an activating group) is 1. The number of aromatic nitrogens is 3. The first-order valence-corrected chi connectivity index (χ1v) is 6.52. The van der Waals surface area contributed by atoms with E-state index in [2.05, 4.69) is 41.0 Å². The van der Waals surface area contributed by atoms with Crippen LogP contribution in [-0.4, -0.2) is 63.6 Å². The Morgan fingerprint density at radius 1 is 1.50 bits per heavy atom. The lowest BCUT2D eigenvalue weighted by Crippen LogP contribution is -2.52. The number of aryl methyl sites for hydroxylation is 1. The smallest absolute Gasteiger partial charge is 0.293 e. The normalized spacial score (nSPS) is 21.3. The number of rotatable bonds is 3. The van der Waals surface area contributed by atoms with Gasteiger partial charge in [-0.15, -0.1) is 5.10 Å². The largest absolute Gasteiger partial charge is 0.333 e. The van der Waals surface area contributed by atoms with E-state index < -0.39 is 0 Å². The third-order valence-electron chi connectivity index (χ3n) is 3.46. The van der Waals surface area contributed by atoms with Crippen LogP contribution in [0.5, 0.6) is 0 Å². The standard InChI is InChI=1S/C12H21N5O/c1-4-5-10-13-11(15-14-10)12(18)17-7-6-16(3)9(2)8-17/h9H,4-8H2,1-3H3,(H,13,14,15). The summed E-state index contributed by atoms with van der Waals surface area (Å²) >= 11 is 0. The van der Waals surface area contributed by atoms with Crippen molar-refractivity contribution in [3.8, 4) is 0 Å². The molecule has 1 N–H and O–H groups in total. The molecule has 0 radical (unpaired) electrons. The van der Waals surface area contributed by atoms with Gasteiger partial charge in [-0.05, 0) is 20.4 Å². The fourth-order valence-corrected chi connectivity index (χ4v) is 2.11. The number of H-pyrrole nitrogens is 1. The van der Waals surface area contributed by atoms with E-state index >= 15 is 0 Å². The molecule has 1 unspecified atom stereocenters. The highest BCUT2D eigenvalue weighted by Crippen LogP contribution is 2.10. The van der Waals surface area contributed by atoms with Gasteiger partial charge in [-0.1, -0.05) is 6.92 Å². The van der Waals surface area contributed by atoms with Crippen molar-refractivity contribution < 1.29 is 4.79 Å². The fraction of sp³-hybridized carbons (Fsp3) is 0.750. The van der Waals surface area contributed by atoms with E-state index in [4.69, 9.17) is 0 Å². The second-order valence-corrected chi connectivity index (χ2v) is 4.94. The van der Waals surface area contributed by atoms with Crippen LogP contribution >= 0.6 is 0 Å². The van der Waals surface area contributed by atoms with Gasteiger partial charge < -0.3 is 9.80 Å². The van der Waals surface area contributed by atoms with Gasteiger partial charge in [0.2, 0.25) is 5.82 Å². The molecular formula is C12H21N5O. The Balaban J connectivity index is 2.02. The number of hydrogen-bond acceptors (Lipinski definition) is 4. The Bertz CT molecular complexity index is 416. The van der Waals surface area contributed by atoms with Crippen molar-refractivity contribution >= 4 is 5.91 Å². The molecule has 0 saturated carbocycles. The molecule has 1 atom stereocenters. The van der Waals surface area contributed by atoms with Crippen molar-refractivity contribution in [3.05, 3.63) is 11.6 Å². The summed E-state index contributed by atoms with van der Waals surface area (Å²) in [6.45, 7) is 6.59. The van der Waals surface area contributed by atoms with Crippen molar-refractivity contribution in [1.82, 2.24) is 25.0 Å². The molecule has 1 aliphatic heterocycles. The number of carbonyl (C=O) groups excluding carboxylic acids is 1. The fourth-order valence-electron chi connectivity index (χ4n) is 2.11. The summed E-state index contributed by atoms with van der Waals surface area (Å²) < 4.78 is 0. The monoisotopic (exact) mass is 251 g/mol. The number of piperazine rings is 1. The molecule has 6 nitrogen and oxygen atoms in total. The van der Waals surface area contributed by atoms with Gasteiger partial charge >= 0.3 is 0 Å². The van der Waals surface area contributed by atoms with Gasteiger partial charge in [0, 0.05) is 32.1 Å². The maximum absolute atomic E-state index is 12.2. The number of nitrogens with one attached hydrogen (secondary N) is 1. The molecule has 6 heteroatoms. The molecule has 1 aliphatic rings. The molecule has 1 aromatic heterocycles. The van der Waals surface area contributed by atoms with Gasteiger partial charge in [-0.25, -0.2) is 4.98 Å². The van der Waals surface area contributed by atoms with E-state index in [0.717, 1.165) is 38.3 Å². The van der Waals surface area contributed by atoms with E-state index in [1.807, 2.05) is 4.90 Å². The van der Waals surface area contributed by atoms with Gasteiger partial charge in [0.1, 0.15) is 5.82 Å². The number of amides is 1. The number of hydrogen-bond donors (Lipinski definition) is 1. The highest BCUT2D eigenvalue weighted by molar-refractivity contribution is 5.90. The summed E-state index contributed by atoms with van der Waals surface area (Å²) in [5.74, 6) is 1.03. The summed E-state index contributed by atoms with van der Waals surface area (Å²) in [5, 5.41) is 6.84. The first-order chi connectivity index (χ1) is 8.61. The van der Waals surface area contributed by atoms with Crippen molar-refractivity contribution in [3.63, 3.8) is 0 Å². The van der Waals surface area contributed by atoms with Crippen molar-refractivity contribution in [2.24, 2.45) is 0 Å². The molecule has 100 valence electrons. The molecule has 1 fully saturated rings. The minimum atomic E-state index is -0.0615. The van der Waals surface area contributed by atoms with Crippen LogP contribution in [0.3, 0.4) is 0 Å². The lowest BCUT2D eigenvalue weighted by Gasteiger charge is -2.37. The predicted molar refractivity (Wildman–Crippen MR) is 68.4 cm³/mol. The van der Waals surface area contributed by atoms with Crippen LogP contribution in [0, 0.1) is 0 Å². The quantitative estimate of drug-likeness (QED) is 0.851. The Labute approximate surface area is 107 Å². The summed E-state index contributed by atoms with van der Waals surface area (Å²) in [7, 11) is 2.08. The SMILES string of the molecule is CCCc1nc(C(=O)N2CCN(C)C(C)C2)n[nH]1. The van der Waals surface area contributed by atoms with E-state index in [1.54, 1.807) is 0 Å². The van der Waals surface area contributed by atoms with Crippen LogP contribution in [-0.2, 0) is 6.42 Å². The highest BCUT2D eigenvalue weighted by Gasteiger charge is 2.27. The molecular weight excluding hydrogens is 230 g/mol. The van der Waals surface area contributed by atoms with E-state index in [0.29, 0.717) is 11.9 Å². The van der Waals surface area contributed by atoms with Gasteiger partial charge in [0.05, 0.1) is 0 Å². The summed E-state index contributed by atoms with van der Waals surface area (Å²) in [6.07, 6.45) is 1.83. The van der Waals surface area contributed by atoms with Crippen LogP contribution in [0.25, 0.3) is 0 Å². The summed E-state index contributed by atoms with van der Waals surface area (Å²) in [4.78, 5) is 20.6. The molecule has 2 heterocycles. The minimum absolute atomic E-state index is 0.0615.